The number of hydrogen-bond acceptors (Lipinski definition) is 5. The van der Waals surface area contributed by atoms with Crippen molar-refractivity contribution in [1.82, 2.24) is 5.01 Å². The van der Waals surface area contributed by atoms with Crippen molar-refractivity contribution in [3.63, 3.8) is 0 Å². The minimum Gasteiger partial charge on any atom is -0.368 e. The van der Waals surface area contributed by atoms with Crippen LogP contribution in [-0.2, 0) is 4.79 Å². The topological polar surface area (TPSA) is 154 Å². The van der Waals surface area contributed by atoms with Gasteiger partial charge < -0.3 is 11.5 Å². The maximum Gasteiger partial charge on any atom is 0.241 e. The van der Waals surface area contributed by atoms with Crippen LogP contribution in [0.25, 0.3) is 0 Å². The minimum absolute atomic E-state index is 0.325. The number of nitrogens with two attached hydrogens (primary N) is 3. The van der Waals surface area contributed by atoms with Crippen LogP contribution in [0, 0.1) is 10.1 Å². The average Bonchev–Trinajstić information content (AvgIpc) is 2.14. The van der Waals surface area contributed by atoms with Crippen LogP contribution < -0.4 is 17.3 Å². The van der Waals surface area contributed by atoms with Crippen LogP contribution in [0.15, 0.2) is 5.10 Å². The Morgan fingerprint density at radius 2 is 2.27 bits per heavy atom. The number of nitro groups is 1. The largest absolute Gasteiger partial charge is 0.368 e. The summed E-state index contributed by atoms with van der Waals surface area (Å²) in [5.74, 6) is 4.67. The number of hydrazine groups is 1. The van der Waals surface area contributed by atoms with E-state index in [1.54, 1.807) is 0 Å². The molecule has 0 saturated carbocycles. The van der Waals surface area contributed by atoms with E-state index in [0.29, 0.717) is 19.4 Å². The Bertz CT molecular complexity index is 255. The van der Waals surface area contributed by atoms with E-state index in [2.05, 4.69) is 5.10 Å². The quantitative estimate of drug-likeness (QED) is 0.147. The van der Waals surface area contributed by atoms with Crippen molar-refractivity contribution < 1.29 is 9.83 Å². The third kappa shape index (κ3) is 5.54. The molecular weight excluding hydrogens is 204 g/mol. The fraction of sp³-hybridized carbons (Fsp3) is 0.667. The molecule has 0 unspecified atom stereocenters. The van der Waals surface area contributed by atoms with Crippen LogP contribution >= 0.6 is 0 Å². The number of hydrazone groups is 1. The molecule has 1 amide bonds. The number of rotatable bonds is 7. The lowest BCUT2D eigenvalue weighted by Gasteiger charge is -2.20. The Morgan fingerprint density at radius 1 is 1.67 bits per heavy atom. The molecule has 0 spiro atoms. The molecule has 0 aromatic heterocycles. The molecule has 0 radical (unpaired) electrons. The lowest BCUT2D eigenvalue weighted by molar-refractivity contribution is -0.485. The van der Waals surface area contributed by atoms with Gasteiger partial charge in [-0.2, -0.15) is 0 Å². The zero-order chi connectivity index (χ0) is 11.8. The number of hydrogen-bond donors (Lipinski definition) is 3. The Labute approximate surface area is 86.0 Å². The molecule has 0 heterocycles. The van der Waals surface area contributed by atoms with Crippen LogP contribution in [-0.4, -0.2) is 34.9 Å². The van der Waals surface area contributed by atoms with Gasteiger partial charge in [0.1, 0.15) is 6.04 Å². The number of primary amides is 1. The zero-order valence-corrected chi connectivity index (χ0v) is 8.07. The first-order valence-electron chi connectivity index (χ1n) is 4.20. The van der Waals surface area contributed by atoms with Crippen molar-refractivity contribution in [3.05, 3.63) is 10.1 Å². The normalized spacial score (nSPS) is 12.7. The molecule has 0 fully saturated rings. The molecule has 1 atom stereocenters. The van der Waals surface area contributed by atoms with Gasteiger partial charge in [0.05, 0.1) is 5.10 Å². The van der Waals surface area contributed by atoms with Gasteiger partial charge in [-0.25, -0.2) is 16.0 Å². The monoisotopic (exact) mass is 218 g/mol. The summed E-state index contributed by atoms with van der Waals surface area (Å²) < 4.78 is 0. The summed E-state index contributed by atoms with van der Waals surface area (Å²) in [6, 6.07) is -0.836. The number of amides is 1. The highest BCUT2D eigenvalue weighted by Gasteiger charge is 2.19. The molecule has 0 saturated heterocycles. The maximum absolute atomic E-state index is 10.9. The first kappa shape index (κ1) is 13.3. The summed E-state index contributed by atoms with van der Waals surface area (Å²) >= 11 is 0. The molecule has 0 bridgehead atoms. The highest BCUT2D eigenvalue weighted by Crippen LogP contribution is 2.00. The molecule has 0 aliphatic rings. The van der Waals surface area contributed by atoms with Gasteiger partial charge in [0.25, 0.3) is 0 Å². The first-order valence-corrected chi connectivity index (χ1v) is 4.20. The summed E-state index contributed by atoms with van der Waals surface area (Å²) in [5, 5.41) is 12.6. The van der Waals surface area contributed by atoms with E-state index in [1.807, 2.05) is 0 Å². The van der Waals surface area contributed by atoms with Gasteiger partial charge in [0.2, 0.25) is 5.91 Å². The van der Waals surface area contributed by atoms with Crippen LogP contribution in [0.3, 0.4) is 0 Å². The summed E-state index contributed by atoms with van der Waals surface area (Å²) in [5.41, 5.74) is 10.3. The molecule has 0 aliphatic carbocycles. The molecular formula is C6H14N6O3. The second kappa shape index (κ2) is 6.68. The van der Waals surface area contributed by atoms with Crippen LogP contribution in [0.1, 0.15) is 12.8 Å². The van der Waals surface area contributed by atoms with Crippen LogP contribution in [0.5, 0.6) is 0 Å². The van der Waals surface area contributed by atoms with E-state index >= 15 is 0 Å². The van der Waals surface area contributed by atoms with Crippen molar-refractivity contribution in [2.24, 2.45) is 22.4 Å². The molecule has 9 nitrogen and oxygen atoms in total. The molecule has 15 heavy (non-hydrogen) atoms. The van der Waals surface area contributed by atoms with Gasteiger partial charge in [0, 0.05) is 0 Å². The van der Waals surface area contributed by atoms with E-state index in [4.69, 9.17) is 17.3 Å². The number of carbonyl (C=O) groups is 1. The van der Waals surface area contributed by atoms with Crippen molar-refractivity contribution >= 4 is 12.2 Å². The molecule has 0 rings (SSSR count). The van der Waals surface area contributed by atoms with Gasteiger partial charge in [-0.3, -0.25) is 9.80 Å². The van der Waals surface area contributed by atoms with E-state index in [-0.39, 0.29) is 0 Å². The van der Waals surface area contributed by atoms with Gasteiger partial charge in [-0.15, -0.1) is 0 Å². The third-order valence-corrected chi connectivity index (χ3v) is 1.65. The Balaban J connectivity index is 4.34. The lowest BCUT2D eigenvalue weighted by Crippen LogP contribution is -2.48. The lowest BCUT2D eigenvalue weighted by atomic mass is 10.1. The summed E-state index contributed by atoms with van der Waals surface area (Å²) in [4.78, 5) is 20.8. The summed E-state index contributed by atoms with van der Waals surface area (Å²) in [6.45, 7) is 0.379. The Morgan fingerprint density at radius 3 is 2.67 bits per heavy atom. The minimum atomic E-state index is -0.930. The first-order chi connectivity index (χ1) is 6.99. The van der Waals surface area contributed by atoms with Gasteiger partial charge >= 0.3 is 0 Å². The number of nitrogens with zero attached hydrogens (tertiary/aromatic N) is 3. The fourth-order valence-corrected chi connectivity index (χ4v) is 0.932. The summed E-state index contributed by atoms with van der Waals surface area (Å²) in [7, 11) is 0. The molecule has 0 aromatic rings. The van der Waals surface area contributed by atoms with Crippen molar-refractivity contribution in [1.29, 1.82) is 0 Å². The third-order valence-electron chi connectivity index (χ3n) is 1.65. The van der Waals surface area contributed by atoms with Crippen LogP contribution in [0.4, 0.5) is 0 Å². The van der Waals surface area contributed by atoms with E-state index in [9.17, 15) is 14.9 Å². The second-order valence-electron chi connectivity index (χ2n) is 2.77. The van der Waals surface area contributed by atoms with Crippen molar-refractivity contribution in [2.45, 2.75) is 18.9 Å². The van der Waals surface area contributed by atoms with E-state index in [1.165, 1.54) is 0 Å². The fourth-order valence-electron chi connectivity index (χ4n) is 0.932. The smallest absolute Gasteiger partial charge is 0.241 e. The van der Waals surface area contributed by atoms with E-state index < -0.39 is 17.0 Å². The summed E-state index contributed by atoms with van der Waals surface area (Å²) in [6.07, 6.45) is 1.60. The van der Waals surface area contributed by atoms with Gasteiger partial charge in [0.15, 0.2) is 11.4 Å². The molecule has 9 heteroatoms. The van der Waals surface area contributed by atoms with Crippen LogP contribution in [0.2, 0.25) is 0 Å². The highest BCUT2D eigenvalue weighted by atomic mass is 16.7. The average molecular weight is 218 g/mol. The molecule has 6 N–H and O–H groups in total. The zero-order valence-electron chi connectivity index (χ0n) is 8.07. The SMILES string of the molecule is NCCC[C@@H](C(N)=O)N(N)C=N[N+](=O)[O-]. The predicted octanol–water partition coefficient (Wildman–Crippen LogP) is -2.03. The molecule has 86 valence electrons. The van der Waals surface area contributed by atoms with Gasteiger partial charge in [-0.1, -0.05) is 0 Å². The van der Waals surface area contributed by atoms with Crippen molar-refractivity contribution in [3.8, 4) is 0 Å². The highest BCUT2D eigenvalue weighted by molar-refractivity contribution is 5.82. The molecule has 0 aliphatic heterocycles. The van der Waals surface area contributed by atoms with E-state index in [0.717, 1.165) is 11.3 Å². The Hall–Kier alpha value is -1.74. The van der Waals surface area contributed by atoms with Gasteiger partial charge in [-0.05, 0) is 19.4 Å². The number of carbonyl (C=O) groups excluding carboxylic acids is 1. The maximum atomic E-state index is 10.9. The molecule has 0 aromatic carbocycles. The Kier molecular flexibility index (Phi) is 5.90. The second-order valence-corrected chi connectivity index (χ2v) is 2.77. The van der Waals surface area contributed by atoms with Crippen molar-refractivity contribution in [2.75, 3.05) is 6.54 Å². The standard InChI is InChI=1S/C6H14N6O3/c7-3-1-2-5(6(8)13)11(9)4-10-12(14)15/h4-5H,1-3,7,9H2,(H2,8,13)/t5-/m0/s1. The predicted molar refractivity (Wildman–Crippen MR) is 52.8 cm³/mol.